The van der Waals surface area contributed by atoms with Crippen LogP contribution in [-0.2, 0) is 19.1 Å². The summed E-state index contributed by atoms with van der Waals surface area (Å²) >= 11 is 0. The molecule has 1 rings (SSSR count). The monoisotopic (exact) mass is 500 g/mol. The van der Waals surface area contributed by atoms with E-state index >= 15 is 0 Å². The van der Waals surface area contributed by atoms with E-state index in [1.807, 2.05) is 31.2 Å². The normalized spacial score (nSPS) is 26.2. The van der Waals surface area contributed by atoms with Gasteiger partial charge >= 0.3 is 5.97 Å². The topological polar surface area (TPSA) is 105 Å². The standard InChI is InChI=1S/C29H44N2O5/c1-4-5-6-7-8-9-12-15-18-23(2)26-21-27(33)31-22-25(32)24(3)29(35)30-20-17-14-11-10-13-16-19-28(34)36-26/h10-16,18-19,24-26,32H,4-9,17,20-22H2,1-3H3,(H,30,35)(H,31,33)/b13-10+,14-11+,15-12+,19-16+,23-18+/t24-,25-,26?/m0/s1. The zero-order valence-electron chi connectivity index (χ0n) is 22.1. The van der Waals surface area contributed by atoms with Gasteiger partial charge in [-0.25, -0.2) is 4.79 Å². The van der Waals surface area contributed by atoms with Crippen LogP contribution in [0.5, 0.6) is 0 Å². The first-order chi connectivity index (χ1) is 17.3. The van der Waals surface area contributed by atoms with Crippen LogP contribution in [0, 0.1) is 5.92 Å². The number of aliphatic hydroxyl groups is 1. The zero-order valence-corrected chi connectivity index (χ0v) is 22.1. The highest BCUT2D eigenvalue weighted by atomic mass is 16.5. The van der Waals surface area contributed by atoms with Crippen LogP contribution in [0.1, 0.15) is 72.1 Å². The average Bonchev–Trinajstić information content (AvgIpc) is 2.86. The molecule has 7 heteroatoms. The third-order valence-corrected chi connectivity index (χ3v) is 5.92. The van der Waals surface area contributed by atoms with Gasteiger partial charge in [0.1, 0.15) is 6.10 Å². The summed E-state index contributed by atoms with van der Waals surface area (Å²) in [6.07, 6.45) is 21.8. The quantitative estimate of drug-likeness (QED) is 0.259. The van der Waals surface area contributed by atoms with Crippen molar-refractivity contribution >= 4 is 17.8 Å². The fourth-order valence-corrected chi connectivity index (χ4v) is 3.45. The van der Waals surface area contributed by atoms with Crippen LogP contribution >= 0.6 is 0 Å². The van der Waals surface area contributed by atoms with Crippen molar-refractivity contribution in [2.75, 3.05) is 13.1 Å². The highest BCUT2D eigenvalue weighted by Crippen LogP contribution is 2.13. The number of carbonyl (C=O) groups is 3. The summed E-state index contributed by atoms with van der Waals surface area (Å²) in [5.74, 6) is -1.87. The molecule has 1 aliphatic heterocycles. The molecule has 3 atom stereocenters. The van der Waals surface area contributed by atoms with E-state index in [9.17, 15) is 19.5 Å². The summed E-state index contributed by atoms with van der Waals surface area (Å²) < 4.78 is 5.57. The third kappa shape index (κ3) is 14.5. The Hall–Kier alpha value is -2.93. The molecule has 3 N–H and O–H groups in total. The minimum absolute atomic E-state index is 0.0709. The molecular weight excluding hydrogens is 456 g/mol. The molecule has 0 aromatic carbocycles. The lowest BCUT2D eigenvalue weighted by Gasteiger charge is -2.21. The Balaban J connectivity index is 2.87. The maximum Gasteiger partial charge on any atom is 0.331 e. The van der Waals surface area contributed by atoms with E-state index in [0.29, 0.717) is 13.0 Å². The number of carbonyl (C=O) groups excluding carboxylic acids is 3. The van der Waals surface area contributed by atoms with Gasteiger partial charge in [-0.05, 0) is 31.8 Å². The van der Waals surface area contributed by atoms with E-state index in [4.69, 9.17) is 4.74 Å². The van der Waals surface area contributed by atoms with Crippen molar-refractivity contribution < 1.29 is 24.2 Å². The molecule has 7 nitrogen and oxygen atoms in total. The van der Waals surface area contributed by atoms with Gasteiger partial charge in [0.15, 0.2) is 0 Å². The van der Waals surface area contributed by atoms with Gasteiger partial charge in [-0.2, -0.15) is 0 Å². The molecule has 36 heavy (non-hydrogen) atoms. The van der Waals surface area contributed by atoms with Crippen molar-refractivity contribution in [3.63, 3.8) is 0 Å². The van der Waals surface area contributed by atoms with Crippen molar-refractivity contribution in [2.24, 2.45) is 5.92 Å². The number of hydrogen-bond acceptors (Lipinski definition) is 5. The molecule has 1 unspecified atom stereocenters. The molecule has 0 saturated heterocycles. The van der Waals surface area contributed by atoms with Gasteiger partial charge in [0.2, 0.25) is 11.8 Å². The number of allylic oxidation sites excluding steroid dienone is 7. The summed E-state index contributed by atoms with van der Waals surface area (Å²) in [7, 11) is 0. The minimum atomic E-state index is -1.03. The molecule has 0 aliphatic carbocycles. The second-order valence-corrected chi connectivity index (χ2v) is 9.08. The van der Waals surface area contributed by atoms with Crippen molar-refractivity contribution in [2.45, 2.75) is 84.3 Å². The van der Waals surface area contributed by atoms with Crippen LogP contribution in [0.4, 0.5) is 0 Å². The van der Waals surface area contributed by atoms with Crippen LogP contribution in [0.15, 0.2) is 60.3 Å². The molecule has 0 spiro atoms. The van der Waals surface area contributed by atoms with Gasteiger partial charge in [0.25, 0.3) is 0 Å². The van der Waals surface area contributed by atoms with E-state index in [0.717, 1.165) is 18.4 Å². The van der Waals surface area contributed by atoms with E-state index in [2.05, 4.69) is 23.6 Å². The fourth-order valence-electron chi connectivity index (χ4n) is 3.45. The molecule has 200 valence electrons. The smallest absolute Gasteiger partial charge is 0.331 e. The highest BCUT2D eigenvalue weighted by Gasteiger charge is 2.24. The molecule has 0 radical (unpaired) electrons. The summed E-state index contributed by atoms with van der Waals surface area (Å²) in [5, 5.41) is 15.8. The lowest BCUT2D eigenvalue weighted by molar-refractivity contribution is -0.143. The second-order valence-electron chi connectivity index (χ2n) is 9.08. The average molecular weight is 501 g/mol. The van der Waals surface area contributed by atoms with Crippen molar-refractivity contribution in [3.05, 3.63) is 60.3 Å². The summed E-state index contributed by atoms with van der Waals surface area (Å²) in [5.41, 5.74) is 0.742. The number of unbranched alkanes of at least 4 members (excludes halogenated alkanes) is 5. The Labute approximate surface area is 216 Å². The van der Waals surface area contributed by atoms with Crippen LogP contribution in [-0.4, -0.2) is 48.2 Å². The molecule has 0 aromatic rings. The molecule has 0 saturated carbocycles. The molecule has 0 aromatic heterocycles. The summed E-state index contributed by atoms with van der Waals surface area (Å²) in [6, 6.07) is 0. The maximum atomic E-state index is 12.6. The predicted octanol–water partition coefficient (Wildman–Crippen LogP) is 4.45. The lowest BCUT2D eigenvalue weighted by atomic mass is 10.0. The van der Waals surface area contributed by atoms with Gasteiger partial charge in [0, 0.05) is 19.2 Å². The number of aliphatic hydroxyl groups excluding tert-OH is 1. The van der Waals surface area contributed by atoms with E-state index in [1.165, 1.54) is 31.8 Å². The Morgan fingerprint density at radius 2 is 1.83 bits per heavy atom. The highest BCUT2D eigenvalue weighted by molar-refractivity contribution is 5.83. The van der Waals surface area contributed by atoms with Gasteiger partial charge in [-0.15, -0.1) is 0 Å². The largest absolute Gasteiger partial charge is 0.454 e. The third-order valence-electron chi connectivity index (χ3n) is 5.92. The van der Waals surface area contributed by atoms with Gasteiger partial charge in [-0.1, -0.05) is 88.1 Å². The number of amides is 2. The van der Waals surface area contributed by atoms with Gasteiger partial charge in [0.05, 0.1) is 18.4 Å². The van der Waals surface area contributed by atoms with Gasteiger partial charge < -0.3 is 20.5 Å². The maximum absolute atomic E-state index is 12.6. The SMILES string of the molecule is CCCCCCC/C=C/C=C(\C)C1CC(=O)NC[C@H](O)[C@H](C)C(=O)NCC/C=C/C=C/C=C/C(=O)O1. The first-order valence-corrected chi connectivity index (χ1v) is 13.1. The number of cyclic esters (lactones) is 1. The minimum Gasteiger partial charge on any atom is -0.454 e. The van der Waals surface area contributed by atoms with E-state index in [-0.39, 0.29) is 24.8 Å². The van der Waals surface area contributed by atoms with E-state index < -0.39 is 24.1 Å². The number of nitrogens with one attached hydrogen (secondary N) is 2. The number of hydrogen-bond donors (Lipinski definition) is 3. The molecule has 1 heterocycles. The Kier molecular flexibility index (Phi) is 16.7. The van der Waals surface area contributed by atoms with Crippen LogP contribution in [0.25, 0.3) is 0 Å². The number of ether oxygens (including phenoxy) is 1. The van der Waals surface area contributed by atoms with E-state index in [1.54, 1.807) is 25.2 Å². The number of β-amino-alcohol motifs (C(OH)–C–C–N with tert-alkyl or cyclic N) is 1. The lowest BCUT2D eigenvalue weighted by Crippen LogP contribution is -2.43. The molecule has 0 bridgehead atoms. The molecule has 1 aliphatic rings. The van der Waals surface area contributed by atoms with Crippen molar-refractivity contribution in [3.8, 4) is 0 Å². The number of rotatable bonds is 8. The summed E-state index contributed by atoms with van der Waals surface area (Å²) in [6.45, 7) is 6.01. The Bertz CT molecular complexity index is 826. The molecule has 2 amide bonds. The molecular formula is C29H44N2O5. The zero-order chi connectivity index (χ0) is 26.6. The van der Waals surface area contributed by atoms with Crippen molar-refractivity contribution in [1.82, 2.24) is 10.6 Å². The van der Waals surface area contributed by atoms with Crippen LogP contribution in [0.3, 0.4) is 0 Å². The predicted molar refractivity (Wildman–Crippen MR) is 144 cm³/mol. The number of esters is 1. The van der Waals surface area contributed by atoms with Gasteiger partial charge in [-0.3, -0.25) is 9.59 Å². The van der Waals surface area contributed by atoms with Crippen LogP contribution < -0.4 is 10.6 Å². The second kappa shape index (κ2) is 19.3. The fraction of sp³-hybridized carbons (Fsp3) is 0.552. The Morgan fingerprint density at radius 3 is 2.61 bits per heavy atom. The van der Waals surface area contributed by atoms with Crippen molar-refractivity contribution in [1.29, 1.82) is 0 Å². The van der Waals surface area contributed by atoms with Crippen LogP contribution in [0.2, 0.25) is 0 Å². The molecule has 0 fully saturated rings. The first kappa shape index (κ1) is 31.1. The first-order valence-electron chi connectivity index (χ1n) is 13.1. The Morgan fingerprint density at radius 1 is 1.08 bits per heavy atom. The summed E-state index contributed by atoms with van der Waals surface area (Å²) in [4.78, 5) is 37.2.